The highest BCUT2D eigenvalue weighted by atomic mass is 19.4. The number of aromatic nitrogens is 2. The van der Waals surface area contributed by atoms with E-state index in [0.717, 1.165) is 17.8 Å². The molecule has 0 radical (unpaired) electrons. The molecule has 198 valence electrons. The Kier molecular flexibility index (Phi) is 5.90. The minimum Gasteiger partial charge on any atom is -0.376 e. The number of alkyl halides is 3. The minimum absolute atomic E-state index is 0.00999. The molecule has 2 aromatic rings. The molecule has 5 N–H and O–H groups in total. The lowest BCUT2D eigenvalue weighted by atomic mass is 9.97. The topological polar surface area (TPSA) is 147 Å². The lowest BCUT2D eigenvalue weighted by molar-refractivity contribution is -0.401. The number of nitrogens with zero attached hydrogens (tertiary/aromatic N) is 5. The van der Waals surface area contributed by atoms with Crippen molar-refractivity contribution in [2.75, 3.05) is 41.5 Å². The molecule has 1 aromatic heterocycles. The van der Waals surface area contributed by atoms with Crippen LogP contribution in [0.15, 0.2) is 48.4 Å². The summed E-state index contributed by atoms with van der Waals surface area (Å²) in [4.78, 5) is 24.9. The first kappa shape index (κ1) is 25.0. The van der Waals surface area contributed by atoms with Gasteiger partial charge in [-0.3, -0.25) is 4.90 Å². The molecule has 2 amide bonds. The number of hydrogen-bond acceptors (Lipinski definition) is 10. The van der Waals surface area contributed by atoms with Gasteiger partial charge in [0.15, 0.2) is 0 Å². The third-order valence-electron chi connectivity index (χ3n) is 6.39. The predicted molar refractivity (Wildman–Crippen MR) is 123 cm³/mol. The number of nitrogens with one attached hydrogen (secondary N) is 2. The van der Waals surface area contributed by atoms with Crippen LogP contribution in [0.4, 0.5) is 35.4 Å². The summed E-state index contributed by atoms with van der Waals surface area (Å²) in [6.07, 6.45) is -4.59. The molecule has 5 rings (SSSR count). The van der Waals surface area contributed by atoms with Crippen LogP contribution >= 0.6 is 0 Å². The van der Waals surface area contributed by atoms with Crippen molar-refractivity contribution < 1.29 is 38.0 Å². The van der Waals surface area contributed by atoms with Crippen LogP contribution in [0.3, 0.4) is 0 Å². The summed E-state index contributed by atoms with van der Waals surface area (Å²) >= 11 is 0. The maximum atomic E-state index is 12.9. The number of amides is 2. The number of urea groups is 1. The average Bonchev–Trinajstić information content (AvgIpc) is 3.42. The van der Waals surface area contributed by atoms with Crippen molar-refractivity contribution in [1.82, 2.24) is 20.2 Å². The smallest absolute Gasteiger partial charge is 0.376 e. The van der Waals surface area contributed by atoms with Crippen molar-refractivity contribution in [3.05, 3.63) is 54.0 Å². The molecule has 0 aliphatic carbocycles. The Morgan fingerprint density at radius 3 is 2.43 bits per heavy atom. The zero-order chi connectivity index (χ0) is 26.6. The van der Waals surface area contributed by atoms with Gasteiger partial charge in [-0.2, -0.15) is 18.2 Å². The van der Waals surface area contributed by atoms with Crippen LogP contribution in [-0.2, 0) is 10.9 Å². The van der Waals surface area contributed by atoms with Gasteiger partial charge in [0.2, 0.25) is 5.95 Å². The number of rotatable bonds is 6. The van der Waals surface area contributed by atoms with Gasteiger partial charge in [0.1, 0.15) is 11.4 Å². The van der Waals surface area contributed by atoms with Crippen molar-refractivity contribution in [3.8, 4) is 0 Å². The summed E-state index contributed by atoms with van der Waals surface area (Å²) in [6, 6.07) is 5.11. The van der Waals surface area contributed by atoms with Gasteiger partial charge in [0.25, 0.3) is 0 Å². The van der Waals surface area contributed by atoms with E-state index < -0.39 is 29.4 Å². The summed E-state index contributed by atoms with van der Waals surface area (Å²) in [7, 11) is 0. The fourth-order valence-electron chi connectivity index (χ4n) is 4.49. The standard InChI is InChI=1S/C22H24F3N7O5/c1-13(16-8-30(12-27-16)15-4-2-14(3-5-15)21(23,24)25)28-18-26-7-6-17(29-18)31-9-20(10-37-11-20)32(19(31)33)22(34,35)36/h2-8,13,27,34-36H,9-12H2,1H3,(H,26,28,29). The first-order chi connectivity index (χ1) is 17.4. The highest BCUT2D eigenvalue weighted by Gasteiger charge is 2.61. The Labute approximate surface area is 208 Å². The van der Waals surface area contributed by atoms with Gasteiger partial charge in [0.05, 0.1) is 43.7 Å². The van der Waals surface area contributed by atoms with Crippen molar-refractivity contribution in [2.45, 2.75) is 30.8 Å². The molecular formula is C22H24F3N7O5. The largest absolute Gasteiger partial charge is 0.416 e. The Bertz CT molecular complexity index is 1210. The number of hydrogen-bond donors (Lipinski definition) is 5. The normalized spacial score (nSPS) is 20.1. The van der Waals surface area contributed by atoms with Gasteiger partial charge in [0, 0.05) is 18.1 Å². The van der Waals surface area contributed by atoms with E-state index in [2.05, 4.69) is 20.6 Å². The number of aliphatic hydroxyl groups is 3. The van der Waals surface area contributed by atoms with E-state index in [9.17, 15) is 33.3 Å². The average molecular weight is 523 g/mol. The highest BCUT2D eigenvalue weighted by molar-refractivity contribution is 5.95. The lowest BCUT2D eigenvalue weighted by Gasteiger charge is -2.45. The molecule has 0 bridgehead atoms. The van der Waals surface area contributed by atoms with Crippen molar-refractivity contribution in [2.24, 2.45) is 0 Å². The van der Waals surface area contributed by atoms with Gasteiger partial charge >= 0.3 is 18.3 Å². The van der Waals surface area contributed by atoms with Crippen LogP contribution < -0.4 is 20.4 Å². The summed E-state index contributed by atoms with van der Waals surface area (Å²) < 4.78 is 43.6. The molecule has 37 heavy (non-hydrogen) atoms. The minimum atomic E-state index is -4.41. The van der Waals surface area contributed by atoms with Gasteiger partial charge < -0.3 is 35.6 Å². The van der Waals surface area contributed by atoms with Crippen molar-refractivity contribution in [3.63, 3.8) is 0 Å². The van der Waals surface area contributed by atoms with E-state index in [1.807, 2.05) is 6.92 Å². The van der Waals surface area contributed by atoms with Crippen molar-refractivity contribution >= 4 is 23.5 Å². The summed E-state index contributed by atoms with van der Waals surface area (Å²) in [5, 5.41) is 35.4. The maximum Gasteiger partial charge on any atom is 0.416 e. The number of halogens is 3. The number of ether oxygens (including phenoxy) is 1. The SMILES string of the molecule is CC(Nc1nccc(N2CC3(COC3)N(C(O)(O)O)C2=O)n1)C1=CN(c2ccc(C(F)(F)F)cc2)CN1. The zero-order valence-electron chi connectivity index (χ0n) is 19.5. The van der Waals surface area contributed by atoms with Gasteiger partial charge in [-0.25, -0.2) is 14.7 Å². The summed E-state index contributed by atoms with van der Waals surface area (Å²) in [6.45, 7) is 2.21. The zero-order valence-corrected chi connectivity index (χ0v) is 19.5. The van der Waals surface area contributed by atoms with E-state index in [4.69, 9.17) is 4.74 Å². The van der Waals surface area contributed by atoms with E-state index in [0.29, 0.717) is 17.3 Å². The maximum absolute atomic E-state index is 12.9. The van der Waals surface area contributed by atoms with Crippen LogP contribution in [-0.4, -0.2) is 80.3 Å². The van der Waals surface area contributed by atoms with Gasteiger partial charge in [-0.05, 0) is 37.3 Å². The van der Waals surface area contributed by atoms with E-state index in [1.165, 1.54) is 29.3 Å². The predicted octanol–water partition coefficient (Wildman–Crippen LogP) is 0.804. The third kappa shape index (κ3) is 4.61. The second kappa shape index (κ2) is 8.72. The first-order valence-corrected chi connectivity index (χ1v) is 11.2. The van der Waals surface area contributed by atoms with Crippen LogP contribution in [0.25, 0.3) is 0 Å². The highest BCUT2D eigenvalue weighted by Crippen LogP contribution is 2.38. The molecule has 1 atom stereocenters. The Morgan fingerprint density at radius 1 is 1.16 bits per heavy atom. The molecular weight excluding hydrogens is 499 g/mol. The second-order valence-electron chi connectivity index (χ2n) is 9.06. The van der Waals surface area contributed by atoms with E-state index >= 15 is 0 Å². The lowest BCUT2D eigenvalue weighted by Crippen LogP contribution is -2.68. The molecule has 15 heteroatoms. The second-order valence-corrected chi connectivity index (χ2v) is 9.06. The van der Waals surface area contributed by atoms with Gasteiger partial charge in [-0.1, -0.05) is 0 Å². The molecule has 1 aromatic carbocycles. The fourth-order valence-corrected chi connectivity index (χ4v) is 4.49. The monoisotopic (exact) mass is 523 g/mol. The van der Waals surface area contributed by atoms with Gasteiger partial charge in [-0.15, -0.1) is 0 Å². The molecule has 1 spiro atoms. The van der Waals surface area contributed by atoms with Crippen LogP contribution in [0.1, 0.15) is 12.5 Å². The quantitative estimate of drug-likeness (QED) is 0.345. The fraction of sp³-hybridized carbons (Fsp3) is 0.409. The number of anilines is 3. The molecule has 2 saturated heterocycles. The number of carbonyl (C=O) groups is 1. The van der Waals surface area contributed by atoms with E-state index in [-0.39, 0.29) is 37.6 Å². The van der Waals surface area contributed by atoms with E-state index in [1.54, 1.807) is 11.1 Å². The molecule has 3 aliphatic heterocycles. The molecule has 0 saturated carbocycles. The third-order valence-corrected chi connectivity index (χ3v) is 6.39. The Balaban J connectivity index is 1.28. The van der Waals surface area contributed by atoms with Crippen LogP contribution in [0.5, 0.6) is 0 Å². The molecule has 12 nitrogen and oxygen atoms in total. The summed E-state index contributed by atoms with van der Waals surface area (Å²) in [5.74, 6) is 0.349. The number of carbonyl (C=O) groups excluding carboxylic acids is 1. The molecule has 3 aliphatic rings. The first-order valence-electron chi connectivity index (χ1n) is 11.2. The molecule has 2 fully saturated rings. The summed E-state index contributed by atoms with van der Waals surface area (Å²) in [5.41, 5.74) is -0.521. The molecule has 4 heterocycles. The Hall–Kier alpha value is -3.66. The Morgan fingerprint density at radius 2 is 1.86 bits per heavy atom. The van der Waals surface area contributed by atoms with Crippen molar-refractivity contribution in [1.29, 1.82) is 0 Å². The van der Waals surface area contributed by atoms with Crippen LogP contribution in [0.2, 0.25) is 0 Å². The number of benzene rings is 1. The van der Waals surface area contributed by atoms with Crippen LogP contribution in [0, 0.1) is 0 Å². The molecule has 1 unspecified atom stereocenters.